The van der Waals surface area contributed by atoms with E-state index in [0.29, 0.717) is 5.56 Å². The molecule has 6 rings (SSSR count). The maximum Gasteiger partial charge on any atom is 0.216 e. The third-order valence-electron chi connectivity index (χ3n) is 7.51. The van der Waals surface area contributed by atoms with Gasteiger partial charge in [-0.15, -0.1) is 0 Å². The fourth-order valence-electron chi connectivity index (χ4n) is 5.82. The number of nitriles is 1. The minimum absolute atomic E-state index is 0.101. The quantitative estimate of drug-likeness (QED) is 0.278. The van der Waals surface area contributed by atoms with Gasteiger partial charge in [-0.2, -0.15) is 5.26 Å². The van der Waals surface area contributed by atoms with Crippen molar-refractivity contribution >= 4 is 27.6 Å². The number of nitrogens with zero attached hydrogens (tertiary/aromatic N) is 3. The molecular weight excluding hydrogens is 430 g/mol. The molecule has 0 spiro atoms. The van der Waals surface area contributed by atoms with Crippen LogP contribution in [0.2, 0.25) is 0 Å². The maximum atomic E-state index is 10.1. The summed E-state index contributed by atoms with van der Waals surface area (Å²) in [5.41, 5.74) is 10.1. The molecule has 0 aliphatic carbocycles. The molecular formula is C31H28N3O+. The molecule has 172 valence electrons. The van der Waals surface area contributed by atoms with Crippen LogP contribution in [0.3, 0.4) is 0 Å². The van der Waals surface area contributed by atoms with Gasteiger partial charge in [0.1, 0.15) is 18.2 Å². The van der Waals surface area contributed by atoms with Crippen LogP contribution in [0.25, 0.3) is 44.3 Å². The molecule has 0 unspecified atom stereocenters. The Kier molecular flexibility index (Phi) is 4.56. The van der Waals surface area contributed by atoms with E-state index in [9.17, 15) is 5.26 Å². The smallest absolute Gasteiger partial charge is 0.216 e. The highest BCUT2D eigenvalue weighted by Crippen LogP contribution is 2.45. The summed E-state index contributed by atoms with van der Waals surface area (Å²) in [6, 6.07) is 23.4. The van der Waals surface area contributed by atoms with Gasteiger partial charge in [0.2, 0.25) is 5.69 Å². The van der Waals surface area contributed by atoms with E-state index >= 15 is 0 Å². The molecule has 4 heteroatoms. The van der Waals surface area contributed by atoms with Crippen molar-refractivity contribution in [2.45, 2.75) is 26.2 Å². The van der Waals surface area contributed by atoms with E-state index in [1.54, 1.807) is 0 Å². The number of furan rings is 1. The second kappa shape index (κ2) is 7.45. The molecule has 5 aromatic rings. The van der Waals surface area contributed by atoms with E-state index in [1.807, 2.05) is 18.2 Å². The van der Waals surface area contributed by atoms with Crippen LogP contribution in [0.4, 0.5) is 5.69 Å². The van der Waals surface area contributed by atoms with Crippen molar-refractivity contribution in [2.75, 3.05) is 18.5 Å². The number of aryl methyl sites for hydroxylation is 2. The molecule has 1 aliphatic rings. The second-order valence-corrected chi connectivity index (χ2v) is 10.4. The van der Waals surface area contributed by atoms with Crippen LogP contribution in [-0.2, 0) is 12.5 Å². The standard InChI is InChI=1S/C31H28N3O/c1-19-9-12-22-23-13-10-21(17-32)28(20-11-14-24-26(16-20)34(5)18-31(24,2)3)30(23)35-29(22)27(19)25-8-6-7-15-33(25)4/h6-16H,18H2,1-5H3/q+1. The Bertz CT molecular complexity index is 1700. The molecule has 0 saturated carbocycles. The molecule has 4 nitrogen and oxygen atoms in total. The average Bonchev–Trinajstić information content (AvgIpc) is 3.32. The van der Waals surface area contributed by atoms with Gasteiger partial charge in [0.25, 0.3) is 0 Å². The molecule has 3 aromatic carbocycles. The number of hydrogen-bond acceptors (Lipinski definition) is 3. The van der Waals surface area contributed by atoms with Crippen molar-refractivity contribution in [3.63, 3.8) is 0 Å². The van der Waals surface area contributed by atoms with Crippen LogP contribution in [0.5, 0.6) is 0 Å². The summed E-state index contributed by atoms with van der Waals surface area (Å²) in [4.78, 5) is 2.31. The zero-order chi connectivity index (χ0) is 24.5. The molecule has 0 radical (unpaired) electrons. The van der Waals surface area contributed by atoms with Gasteiger partial charge in [0.05, 0.1) is 17.2 Å². The normalized spacial score (nSPS) is 14.5. The van der Waals surface area contributed by atoms with Crippen molar-refractivity contribution in [3.8, 4) is 28.5 Å². The number of fused-ring (bicyclic) bond motifs is 4. The van der Waals surface area contributed by atoms with Gasteiger partial charge in [-0.25, -0.2) is 4.57 Å². The van der Waals surface area contributed by atoms with E-state index in [1.165, 1.54) is 11.3 Å². The summed E-state index contributed by atoms with van der Waals surface area (Å²) in [5.74, 6) is 0. The van der Waals surface area contributed by atoms with Gasteiger partial charge in [-0.1, -0.05) is 38.1 Å². The topological polar surface area (TPSA) is 44.1 Å². The molecule has 3 heterocycles. The SMILES string of the molecule is Cc1ccc2c(oc3c(-c4ccc5c(c4)N(C)CC5(C)C)c(C#N)ccc32)c1-c1cccc[n+]1C. The molecule has 0 fully saturated rings. The van der Waals surface area contributed by atoms with Crippen LogP contribution in [0, 0.1) is 18.3 Å². The number of anilines is 1. The monoisotopic (exact) mass is 458 g/mol. The van der Waals surface area contributed by atoms with Crippen LogP contribution < -0.4 is 9.47 Å². The summed E-state index contributed by atoms with van der Waals surface area (Å²) in [6.45, 7) is 7.66. The van der Waals surface area contributed by atoms with Crippen molar-refractivity contribution in [2.24, 2.45) is 7.05 Å². The molecule has 1 aliphatic heterocycles. The van der Waals surface area contributed by atoms with Crippen molar-refractivity contribution in [3.05, 3.63) is 83.6 Å². The third kappa shape index (κ3) is 3.08. The lowest BCUT2D eigenvalue weighted by Crippen LogP contribution is -2.30. The molecule has 0 N–H and O–H groups in total. The summed E-state index contributed by atoms with van der Waals surface area (Å²) >= 11 is 0. The number of aromatic nitrogens is 1. The third-order valence-corrected chi connectivity index (χ3v) is 7.51. The predicted octanol–water partition coefficient (Wildman–Crippen LogP) is 6.65. The van der Waals surface area contributed by atoms with Gasteiger partial charge < -0.3 is 9.32 Å². The number of rotatable bonds is 2. The highest BCUT2D eigenvalue weighted by molar-refractivity contribution is 6.14. The molecule has 0 amide bonds. The van der Waals surface area contributed by atoms with E-state index < -0.39 is 0 Å². The number of benzene rings is 3. The first-order valence-corrected chi connectivity index (χ1v) is 12.0. The molecule has 0 bridgehead atoms. The van der Waals surface area contributed by atoms with Crippen LogP contribution in [-0.4, -0.2) is 13.6 Å². The Morgan fingerprint density at radius 1 is 0.971 bits per heavy atom. The Morgan fingerprint density at radius 3 is 2.46 bits per heavy atom. The maximum absolute atomic E-state index is 10.1. The lowest BCUT2D eigenvalue weighted by atomic mass is 9.85. The van der Waals surface area contributed by atoms with Crippen molar-refractivity contribution in [1.29, 1.82) is 5.26 Å². The molecule has 0 atom stereocenters. The fourth-order valence-corrected chi connectivity index (χ4v) is 5.82. The molecule has 2 aromatic heterocycles. The first-order valence-electron chi connectivity index (χ1n) is 12.0. The summed E-state index contributed by atoms with van der Waals surface area (Å²) in [7, 11) is 4.19. The average molecular weight is 459 g/mol. The summed E-state index contributed by atoms with van der Waals surface area (Å²) < 4.78 is 8.83. The second-order valence-electron chi connectivity index (χ2n) is 10.4. The number of likely N-dealkylation sites (N-methyl/N-ethyl adjacent to an activating group) is 1. The lowest BCUT2D eigenvalue weighted by molar-refractivity contribution is -0.660. The van der Waals surface area contributed by atoms with Crippen LogP contribution in [0.15, 0.2) is 71.3 Å². The Morgan fingerprint density at radius 2 is 1.71 bits per heavy atom. The minimum Gasteiger partial charge on any atom is -0.454 e. The van der Waals surface area contributed by atoms with Crippen LogP contribution in [0.1, 0.15) is 30.5 Å². The summed E-state index contributed by atoms with van der Waals surface area (Å²) in [5, 5.41) is 12.1. The summed E-state index contributed by atoms with van der Waals surface area (Å²) in [6.07, 6.45) is 2.05. The highest BCUT2D eigenvalue weighted by atomic mass is 16.3. The predicted molar refractivity (Wildman–Crippen MR) is 142 cm³/mol. The first-order chi connectivity index (χ1) is 16.8. The zero-order valence-corrected chi connectivity index (χ0v) is 20.8. The molecule has 35 heavy (non-hydrogen) atoms. The fraction of sp³-hybridized carbons (Fsp3) is 0.226. The Balaban J connectivity index is 1.68. The van der Waals surface area contributed by atoms with Gasteiger partial charge in [0, 0.05) is 53.2 Å². The van der Waals surface area contributed by atoms with Gasteiger partial charge >= 0.3 is 0 Å². The lowest BCUT2D eigenvalue weighted by Gasteiger charge is -2.18. The van der Waals surface area contributed by atoms with Gasteiger partial charge in [0.15, 0.2) is 6.20 Å². The van der Waals surface area contributed by atoms with E-state index in [-0.39, 0.29) is 5.41 Å². The Hall–Kier alpha value is -4.10. The first kappa shape index (κ1) is 21.4. The number of pyridine rings is 1. The number of hydrogen-bond donors (Lipinski definition) is 0. The van der Waals surface area contributed by atoms with E-state index in [4.69, 9.17) is 4.42 Å². The zero-order valence-electron chi connectivity index (χ0n) is 20.8. The Labute approximate surface area is 205 Å². The van der Waals surface area contributed by atoms with E-state index in [0.717, 1.165) is 56.4 Å². The van der Waals surface area contributed by atoms with Crippen molar-refractivity contribution in [1.82, 2.24) is 0 Å². The molecule has 0 saturated heterocycles. The van der Waals surface area contributed by atoms with Crippen molar-refractivity contribution < 1.29 is 8.98 Å². The highest BCUT2D eigenvalue weighted by Gasteiger charge is 2.33. The van der Waals surface area contributed by atoms with Gasteiger partial charge in [-0.3, -0.25) is 0 Å². The minimum atomic E-state index is 0.101. The van der Waals surface area contributed by atoms with Crippen LogP contribution >= 0.6 is 0 Å². The largest absolute Gasteiger partial charge is 0.454 e. The van der Waals surface area contributed by atoms with E-state index in [2.05, 4.69) is 99.1 Å². The van der Waals surface area contributed by atoms with Gasteiger partial charge in [-0.05, 0) is 47.9 Å².